The van der Waals surface area contributed by atoms with E-state index in [9.17, 15) is 26.4 Å². The molecule has 0 aromatic heterocycles. The molecule has 3 rings (SSSR count). The van der Waals surface area contributed by atoms with E-state index in [-0.39, 0.29) is 31.3 Å². The highest BCUT2D eigenvalue weighted by atomic mass is 32.2. The van der Waals surface area contributed by atoms with Gasteiger partial charge in [-0.05, 0) is 36.6 Å². The van der Waals surface area contributed by atoms with E-state index >= 15 is 0 Å². The predicted molar refractivity (Wildman–Crippen MR) is 121 cm³/mol. The third-order valence-electron chi connectivity index (χ3n) is 5.56. The lowest BCUT2D eigenvalue weighted by Crippen LogP contribution is -2.50. The second kappa shape index (κ2) is 11.0. The van der Waals surface area contributed by atoms with Crippen molar-refractivity contribution in [1.29, 1.82) is 0 Å². The number of carbonyl (C=O) groups is 1. The van der Waals surface area contributed by atoms with E-state index in [0.717, 1.165) is 24.1 Å². The van der Waals surface area contributed by atoms with Gasteiger partial charge >= 0.3 is 6.18 Å². The topological polar surface area (TPSA) is 69.7 Å². The Balaban J connectivity index is 1.40. The summed E-state index contributed by atoms with van der Waals surface area (Å²) in [5, 5.41) is 2.66. The van der Waals surface area contributed by atoms with Crippen LogP contribution >= 0.6 is 0 Å². The molecule has 1 aliphatic rings. The number of carbonyl (C=O) groups excluding carboxylic acids is 1. The number of rotatable bonds is 9. The lowest BCUT2D eigenvalue weighted by molar-refractivity contribution is -0.137. The molecule has 0 aliphatic carbocycles. The average Bonchev–Trinajstić information content (AvgIpc) is 2.79. The van der Waals surface area contributed by atoms with Crippen LogP contribution in [0.3, 0.4) is 0 Å². The Labute approximate surface area is 192 Å². The van der Waals surface area contributed by atoms with E-state index in [4.69, 9.17) is 0 Å². The second-order valence-electron chi connectivity index (χ2n) is 7.94. The number of halogens is 3. The summed E-state index contributed by atoms with van der Waals surface area (Å²) < 4.78 is 65.4. The Bertz CT molecular complexity index is 1020. The molecule has 1 heterocycles. The third-order valence-corrected chi connectivity index (χ3v) is 7.44. The summed E-state index contributed by atoms with van der Waals surface area (Å²) in [6, 6.07) is 14.9. The maximum Gasteiger partial charge on any atom is 0.416 e. The zero-order valence-electron chi connectivity index (χ0n) is 18.2. The highest BCUT2D eigenvalue weighted by Gasteiger charge is 2.32. The molecule has 2 aromatic carbocycles. The number of alkyl halides is 3. The van der Waals surface area contributed by atoms with Crippen LogP contribution in [0.4, 0.5) is 18.9 Å². The van der Waals surface area contributed by atoms with Gasteiger partial charge < -0.3 is 10.2 Å². The molecule has 33 heavy (non-hydrogen) atoms. The van der Waals surface area contributed by atoms with Gasteiger partial charge in [0, 0.05) is 44.8 Å². The summed E-state index contributed by atoms with van der Waals surface area (Å²) in [4.78, 5) is 13.7. The monoisotopic (exact) mass is 483 g/mol. The molecule has 6 nitrogen and oxygen atoms in total. The van der Waals surface area contributed by atoms with Gasteiger partial charge in [0.2, 0.25) is 15.9 Å². The van der Waals surface area contributed by atoms with Gasteiger partial charge in [0.05, 0.1) is 11.3 Å². The van der Waals surface area contributed by atoms with E-state index in [2.05, 4.69) is 5.32 Å². The Morgan fingerprint density at radius 1 is 0.970 bits per heavy atom. The molecule has 1 N–H and O–H groups in total. The van der Waals surface area contributed by atoms with E-state index in [1.54, 1.807) is 11.0 Å². The SMILES string of the molecule is O=C(CCCc1ccccc1)NCCS(=O)(=O)N1CCN(c2cccc(C(F)(F)F)c2)CC1. The molecule has 1 amide bonds. The van der Waals surface area contributed by atoms with E-state index in [1.165, 1.54) is 10.4 Å². The lowest BCUT2D eigenvalue weighted by atomic mass is 10.1. The van der Waals surface area contributed by atoms with E-state index in [1.807, 2.05) is 30.3 Å². The van der Waals surface area contributed by atoms with Crippen molar-refractivity contribution in [1.82, 2.24) is 9.62 Å². The number of piperazine rings is 1. The molecule has 2 aromatic rings. The molecule has 0 atom stereocenters. The van der Waals surface area contributed by atoms with Gasteiger partial charge in [0.25, 0.3) is 0 Å². The Kier molecular flexibility index (Phi) is 8.36. The van der Waals surface area contributed by atoms with Crippen molar-refractivity contribution in [3.8, 4) is 0 Å². The van der Waals surface area contributed by atoms with Gasteiger partial charge in [-0.1, -0.05) is 36.4 Å². The normalized spacial score (nSPS) is 15.4. The summed E-state index contributed by atoms with van der Waals surface area (Å²) in [5.41, 5.74) is 0.844. The van der Waals surface area contributed by atoms with Crippen molar-refractivity contribution >= 4 is 21.6 Å². The van der Waals surface area contributed by atoms with Gasteiger partial charge in [-0.25, -0.2) is 8.42 Å². The minimum absolute atomic E-state index is 0.0281. The third kappa shape index (κ3) is 7.46. The molecule has 1 saturated heterocycles. The number of sulfonamides is 1. The standard InChI is InChI=1S/C23H28F3N3O3S/c24-23(25,26)20-9-5-10-21(18-20)28-13-15-29(16-14-28)33(31,32)17-12-27-22(30)11-4-8-19-6-2-1-3-7-19/h1-3,5-7,9-10,18H,4,8,11-17H2,(H,27,30). The van der Waals surface area contributed by atoms with Crippen LogP contribution < -0.4 is 10.2 Å². The zero-order chi connectivity index (χ0) is 23.9. The first-order valence-electron chi connectivity index (χ1n) is 10.9. The number of hydrogen-bond acceptors (Lipinski definition) is 4. The molecule has 0 unspecified atom stereocenters. The summed E-state index contributed by atoms with van der Waals surface area (Å²) >= 11 is 0. The number of nitrogens with one attached hydrogen (secondary N) is 1. The summed E-state index contributed by atoms with van der Waals surface area (Å²) in [5.74, 6) is -0.392. The van der Waals surface area contributed by atoms with Crippen LogP contribution in [-0.2, 0) is 27.4 Å². The fourth-order valence-electron chi connectivity index (χ4n) is 3.74. The first kappa shape index (κ1) is 25.0. The maximum atomic E-state index is 12.9. The fourth-order valence-corrected chi connectivity index (χ4v) is 5.08. The van der Waals surface area contributed by atoms with Gasteiger partial charge in [-0.15, -0.1) is 0 Å². The van der Waals surface area contributed by atoms with Crippen LogP contribution in [0.15, 0.2) is 54.6 Å². The smallest absolute Gasteiger partial charge is 0.369 e. The van der Waals surface area contributed by atoms with Crippen molar-refractivity contribution in [2.24, 2.45) is 0 Å². The Hall–Kier alpha value is -2.59. The second-order valence-corrected chi connectivity index (χ2v) is 10.0. The Morgan fingerprint density at radius 3 is 2.33 bits per heavy atom. The maximum absolute atomic E-state index is 12.9. The minimum atomic E-state index is -4.42. The Morgan fingerprint density at radius 2 is 1.67 bits per heavy atom. The van der Waals surface area contributed by atoms with Crippen LogP contribution in [0, 0.1) is 0 Å². The van der Waals surface area contributed by atoms with Gasteiger partial charge in [0.15, 0.2) is 0 Å². The molecule has 0 radical (unpaired) electrons. The largest absolute Gasteiger partial charge is 0.416 e. The number of anilines is 1. The zero-order valence-corrected chi connectivity index (χ0v) is 19.0. The van der Waals surface area contributed by atoms with Crippen LogP contribution in [0.1, 0.15) is 24.0 Å². The number of hydrogen-bond donors (Lipinski definition) is 1. The van der Waals surface area contributed by atoms with Crippen LogP contribution in [0.2, 0.25) is 0 Å². The average molecular weight is 484 g/mol. The summed E-state index contributed by atoms with van der Waals surface area (Å²) in [7, 11) is -3.57. The first-order chi connectivity index (χ1) is 15.6. The minimum Gasteiger partial charge on any atom is -0.369 e. The van der Waals surface area contributed by atoms with Crippen LogP contribution in [0.5, 0.6) is 0 Å². The van der Waals surface area contributed by atoms with E-state index < -0.39 is 21.8 Å². The predicted octanol–water partition coefficient (Wildman–Crippen LogP) is 3.30. The number of aryl methyl sites for hydroxylation is 1. The van der Waals surface area contributed by atoms with Crippen LogP contribution in [0.25, 0.3) is 0 Å². The molecule has 0 saturated carbocycles. The van der Waals surface area contributed by atoms with Gasteiger partial charge in [-0.2, -0.15) is 17.5 Å². The molecule has 0 bridgehead atoms. The molecule has 1 aliphatic heterocycles. The quantitative estimate of drug-likeness (QED) is 0.594. The van der Waals surface area contributed by atoms with E-state index in [0.29, 0.717) is 31.6 Å². The van der Waals surface area contributed by atoms with Gasteiger partial charge in [0.1, 0.15) is 0 Å². The van der Waals surface area contributed by atoms with Crippen LogP contribution in [-0.4, -0.2) is 57.1 Å². The molecule has 1 fully saturated rings. The number of nitrogens with zero attached hydrogens (tertiary/aromatic N) is 2. The highest BCUT2D eigenvalue weighted by Crippen LogP contribution is 2.32. The summed E-state index contributed by atoms with van der Waals surface area (Å²) in [6.07, 6.45) is -2.64. The molecule has 10 heteroatoms. The molecule has 0 spiro atoms. The highest BCUT2D eigenvalue weighted by molar-refractivity contribution is 7.89. The van der Waals surface area contributed by atoms with Crippen molar-refractivity contribution < 1.29 is 26.4 Å². The van der Waals surface area contributed by atoms with Crippen molar-refractivity contribution in [2.75, 3.05) is 43.4 Å². The fraction of sp³-hybridized carbons (Fsp3) is 0.435. The lowest BCUT2D eigenvalue weighted by Gasteiger charge is -2.35. The molecular formula is C23H28F3N3O3S. The summed E-state index contributed by atoms with van der Waals surface area (Å²) in [6.45, 7) is 0.992. The van der Waals surface area contributed by atoms with Crippen molar-refractivity contribution in [3.63, 3.8) is 0 Å². The van der Waals surface area contributed by atoms with Gasteiger partial charge in [-0.3, -0.25) is 4.79 Å². The number of amides is 1. The molecular weight excluding hydrogens is 455 g/mol. The van der Waals surface area contributed by atoms with Crippen molar-refractivity contribution in [2.45, 2.75) is 25.4 Å². The number of benzene rings is 2. The van der Waals surface area contributed by atoms with Crippen molar-refractivity contribution in [3.05, 3.63) is 65.7 Å². The molecule has 180 valence electrons. The first-order valence-corrected chi connectivity index (χ1v) is 12.5.